The van der Waals surface area contributed by atoms with Crippen molar-refractivity contribution in [3.8, 4) is 0 Å². The highest BCUT2D eigenvalue weighted by atomic mass is 16.3. The summed E-state index contributed by atoms with van der Waals surface area (Å²) in [5.74, 6) is 1.29. The summed E-state index contributed by atoms with van der Waals surface area (Å²) < 4.78 is 0. The molecule has 2 nitrogen and oxygen atoms in total. The van der Waals surface area contributed by atoms with E-state index in [9.17, 15) is 5.11 Å². The van der Waals surface area contributed by atoms with Crippen LogP contribution in [0.25, 0.3) is 0 Å². The predicted molar refractivity (Wildman–Crippen MR) is 68.7 cm³/mol. The van der Waals surface area contributed by atoms with Crippen molar-refractivity contribution in [3.05, 3.63) is 35.4 Å². The van der Waals surface area contributed by atoms with Gasteiger partial charge in [0, 0.05) is 25.6 Å². The number of aryl methyl sites for hydroxylation is 1. The third kappa shape index (κ3) is 2.12. The summed E-state index contributed by atoms with van der Waals surface area (Å²) >= 11 is 0. The van der Waals surface area contributed by atoms with Gasteiger partial charge in [0.05, 0.1) is 6.10 Å². The lowest BCUT2D eigenvalue weighted by Crippen LogP contribution is -2.24. The highest BCUT2D eigenvalue weighted by molar-refractivity contribution is 5.25. The zero-order valence-electron chi connectivity index (χ0n) is 10.5. The van der Waals surface area contributed by atoms with Crippen LogP contribution in [0.1, 0.15) is 24.0 Å². The second kappa shape index (κ2) is 4.43. The van der Waals surface area contributed by atoms with Crippen molar-refractivity contribution in [2.24, 2.45) is 11.8 Å². The summed E-state index contributed by atoms with van der Waals surface area (Å²) in [6.07, 6.45) is 2.20. The van der Waals surface area contributed by atoms with E-state index in [1.807, 2.05) is 0 Å². The second-order valence-corrected chi connectivity index (χ2v) is 5.69. The minimum Gasteiger partial charge on any atom is -0.393 e. The fraction of sp³-hybridized carbons (Fsp3) is 0.600. The molecule has 0 bridgehead atoms. The average Bonchev–Trinajstić information content (AvgIpc) is 2.85. The third-order valence-electron chi connectivity index (χ3n) is 4.55. The molecule has 1 aliphatic carbocycles. The zero-order chi connectivity index (χ0) is 11.8. The Hall–Kier alpha value is -0.860. The number of aliphatic hydroxyl groups excluding tert-OH is 1. The molecule has 3 rings (SSSR count). The van der Waals surface area contributed by atoms with Crippen molar-refractivity contribution in [2.45, 2.75) is 32.4 Å². The van der Waals surface area contributed by atoms with Gasteiger partial charge in [0.1, 0.15) is 0 Å². The molecule has 0 amide bonds. The van der Waals surface area contributed by atoms with Crippen molar-refractivity contribution in [2.75, 3.05) is 13.1 Å². The fourth-order valence-electron chi connectivity index (χ4n) is 3.49. The van der Waals surface area contributed by atoms with E-state index in [2.05, 4.69) is 36.1 Å². The van der Waals surface area contributed by atoms with Gasteiger partial charge in [-0.05, 0) is 36.8 Å². The summed E-state index contributed by atoms with van der Waals surface area (Å²) in [5, 5.41) is 9.91. The minimum atomic E-state index is -0.0399. The first-order chi connectivity index (χ1) is 8.24. The van der Waals surface area contributed by atoms with E-state index in [-0.39, 0.29) is 6.10 Å². The molecule has 1 saturated heterocycles. The van der Waals surface area contributed by atoms with Crippen molar-refractivity contribution in [3.63, 3.8) is 0 Å². The van der Waals surface area contributed by atoms with E-state index < -0.39 is 0 Å². The number of aliphatic hydroxyl groups is 1. The van der Waals surface area contributed by atoms with Gasteiger partial charge >= 0.3 is 0 Å². The molecule has 0 aromatic heterocycles. The van der Waals surface area contributed by atoms with Gasteiger partial charge in [-0.15, -0.1) is 0 Å². The fourth-order valence-corrected chi connectivity index (χ4v) is 3.49. The molecule has 17 heavy (non-hydrogen) atoms. The van der Waals surface area contributed by atoms with Crippen LogP contribution >= 0.6 is 0 Å². The predicted octanol–water partition coefficient (Wildman–Crippen LogP) is 2.20. The summed E-state index contributed by atoms with van der Waals surface area (Å²) in [7, 11) is 0. The normalized spacial score (nSPS) is 32.9. The summed E-state index contributed by atoms with van der Waals surface area (Å²) in [5.41, 5.74) is 2.81. The van der Waals surface area contributed by atoms with Crippen molar-refractivity contribution >= 4 is 0 Å². The van der Waals surface area contributed by atoms with Crippen molar-refractivity contribution in [1.82, 2.24) is 4.90 Å². The average molecular weight is 231 g/mol. The molecule has 0 spiro atoms. The van der Waals surface area contributed by atoms with Crippen LogP contribution in [-0.2, 0) is 6.54 Å². The van der Waals surface area contributed by atoms with Crippen LogP contribution in [0.4, 0.5) is 0 Å². The number of fused-ring (bicyclic) bond motifs is 1. The van der Waals surface area contributed by atoms with Crippen LogP contribution in [0.15, 0.2) is 24.3 Å². The van der Waals surface area contributed by atoms with Gasteiger partial charge in [-0.1, -0.05) is 24.3 Å². The van der Waals surface area contributed by atoms with E-state index in [0.717, 1.165) is 25.4 Å². The molecule has 1 aliphatic heterocycles. The monoisotopic (exact) mass is 231 g/mol. The van der Waals surface area contributed by atoms with Crippen LogP contribution in [0.2, 0.25) is 0 Å². The Morgan fingerprint density at radius 2 is 2.06 bits per heavy atom. The molecule has 0 radical (unpaired) electrons. The zero-order valence-corrected chi connectivity index (χ0v) is 10.5. The van der Waals surface area contributed by atoms with E-state index in [1.165, 1.54) is 24.1 Å². The molecule has 3 atom stereocenters. The Morgan fingerprint density at radius 1 is 1.24 bits per heavy atom. The van der Waals surface area contributed by atoms with Gasteiger partial charge in [0.25, 0.3) is 0 Å². The molecule has 92 valence electrons. The van der Waals surface area contributed by atoms with E-state index in [0.29, 0.717) is 5.92 Å². The van der Waals surface area contributed by atoms with E-state index >= 15 is 0 Å². The molecule has 1 heterocycles. The second-order valence-electron chi connectivity index (χ2n) is 5.69. The Bertz CT molecular complexity index is 404. The lowest BCUT2D eigenvalue weighted by atomic mass is 10.00. The molecule has 1 aromatic rings. The Kier molecular flexibility index (Phi) is 2.93. The number of hydrogen-bond acceptors (Lipinski definition) is 2. The van der Waals surface area contributed by atoms with Gasteiger partial charge in [-0.25, -0.2) is 0 Å². The smallest absolute Gasteiger partial charge is 0.0583 e. The molecule has 1 aromatic carbocycles. The van der Waals surface area contributed by atoms with Gasteiger partial charge in [0.2, 0.25) is 0 Å². The maximum Gasteiger partial charge on any atom is 0.0583 e. The highest BCUT2D eigenvalue weighted by Gasteiger charge is 2.41. The number of likely N-dealkylation sites (tertiary alicyclic amines) is 1. The minimum absolute atomic E-state index is 0.0399. The molecular weight excluding hydrogens is 210 g/mol. The maximum absolute atomic E-state index is 9.91. The summed E-state index contributed by atoms with van der Waals surface area (Å²) in [4.78, 5) is 2.51. The number of hydrogen-bond donors (Lipinski definition) is 1. The number of benzene rings is 1. The SMILES string of the molecule is Cc1ccccc1CN1CC2CCC(O)C2C1. The van der Waals surface area contributed by atoms with Gasteiger partial charge in [-0.2, -0.15) is 0 Å². The molecule has 1 saturated carbocycles. The first kappa shape index (κ1) is 11.2. The maximum atomic E-state index is 9.91. The first-order valence-corrected chi connectivity index (χ1v) is 6.69. The Labute approximate surface area is 103 Å². The standard InChI is InChI=1S/C15H21NO/c1-11-4-2-3-5-12(11)8-16-9-13-6-7-15(17)14(13)10-16/h2-5,13-15,17H,6-10H2,1H3. The molecule has 2 heteroatoms. The molecular formula is C15H21NO. The first-order valence-electron chi connectivity index (χ1n) is 6.69. The highest BCUT2D eigenvalue weighted by Crippen LogP contribution is 2.38. The van der Waals surface area contributed by atoms with Crippen LogP contribution < -0.4 is 0 Å². The quantitative estimate of drug-likeness (QED) is 0.843. The summed E-state index contributed by atoms with van der Waals surface area (Å²) in [6.45, 7) is 5.49. The van der Waals surface area contributed by atoms with Crippen LogP contribution in [0.5, 0.6) is 0 Å². The molecule has 3 unspecified atom stereocenters. The lowest BCUT2D eigenvalue weighted by molar-refractivity contribution is 0.123. The van der Waals surface area contributed by atoms with Gasteiger partial charge in [0.15, 0.2) is 0 Å². The van der Waals surface area contributed by atoms with E-state index in [1.54, 1.807) is 0 Å². The van der Waals surface area contributed by atoms with Crippen LogP contribution in [0, 0.1) is 18.8 Å². The summed E-state index contributed by atoms with van der Waals surface area (Å²) in [6, 6.07) is 8.62. The van der Waals surface area contributed by atoms with Gasteiger partial charge in [-0.3, -0.25) is 4.90 Å². The lowest BCUT2D eigenvalue weighted by Gasteiger charge is -2.19. The van der Waals surface area contributed by atoms with E-state index in [4.69, 9.17) is 0 Å². The number of nitrogens with zero attached hydrogens (tertiary/aromatic N) is 1. The largest absolute Gasteiger partial charge is 0.393 e. The van der Waals surface area contributed by atoms with Crippen molar-refractivity contribution < 1.29 is 5.11 Å². The Balaban J connectivity index is 1.67. The Morgan fingerprint density at radius 3 is 2.82 bits per heavy atom. The van der Waals surface area contributed by atoms with Crippen LogP contribution in [0.3, 0.4) is 0 Å². The molecule has 2 fully saturated rings. The molecule has 1 N–H and O–H groups in total. The van der Waals surface area contributed by atoms with Gasteiger partial charge < -0.3 is 5.11 Å². The molecule has 2 aliphatic rings. The third-order valence-corrected chi connectivity index (χ3v) is 4.55. The number of rotatable bonds is 2. The van der Waals surface area contributed by atoms with Crippen LogP contribution in [-0.4, -0.2) is 29.2 Å². The topological polar surface area (TPSA) is 23.5 Å². The van der Waals surface area contributed by atoms with Crippen molar-refractivity contribution in [1.29, 1.82) is 0 Å².